The molecule has 1 saturated heterocycles. The van der Waals surface area contributed by atoms with Crippen LogP contribution in [0.1, 0.15) is 18.5 Å². The highest BCUT2D eigenvalue weighted by Crippen LogP contribution is 2.42. The van der Waals surface area contributed by atoms with Gasteiger partial charge in [0.25, 0.3) is 0 Å². The minimum atomic E-state index is 0.918. The van der Waals surface area contributed by atoms with Crippen LogP contribution in [0, 0.1) is 17.8 Å². The molecular weight excluding hydrogens is 258 g/mol. The van der Waals surface area contributed by atoms with Crippen molar-refractivity contribution in [2.45, 2.75) is 19.4 Å². The standard InChI is InChI=1S/C18H25N3/c1-2-6-19-18(3-1)14-21-9-7-20(8-10-21)13-17-12-15-4-5-16(17)11-15/h1-6,15-17H,7-14H2/p+2/t15-,16-,17+/m0/s1. The molecular formula is C18H27N3+2. The molecule has 2 heterocycles. The van der Waals surface area contributed by atoms with E-state index in [1.165, 1.54) is 51.3 Å². The Labute approximate surface area is 127 Å². The molecule has 112 valence electrons. The van der Waals surface area contributed by atoms with Gasteiger partial charge in [-0.2, -0.15) is 0 Å². The summed E-state index contributed by atoms with van der Waals surface area (Å²) in [6.45, 7) is 7.83. The van der Waals surface area contributed by atoms with Crippen molar-refractivity contribution in [2.75, 3.05) is 32.7 Å². The number of piperazine rings is 1. The summed E-state index contributed by atoms with van der Waals surface area (Å²) in [5.74, 6) is 2.82. The van der Waals surface area contributed by atoms with Gasteiger partial charge < -0.3 is 9.80 Å². The number of aromatic nitrogens is 1. The van der Waals surface area contributed by atoms with Crippen molar-refractivity contribution in [3.63, 3.8) is 0 Å². The monoisotopic (exact) mass is 285 g/mol. The number of pyridine rings is 1. The normalized spacial score (nSPS) is 38.0. The molecule has 0 radical (unpaired) electrons. The first-order valence-corrected chi connectivity index (χ1v) is 8.62. The van der Waals surface area contributed by atoms with Gasteiger partial charge in [-0.15, -0.1) is 0 Å². The fourth-order valence-corrected chi connectivity index (χ4v) is 4.60. The number of rotatable bonds is 4. The maximum Gasteiger partial charge on any atom is 0.127 e. The van der Waals surface area contributed by atoms with Gasteiger partial charge in [-0.05, 0) is 36.8 Å². The van der Waals surface area contributed by atoms with Gasteiger partial charge in [-0.3, -0.25) is 4.98 Å². The van der Waals surface area contributed by atoms with Crippen molar-refractivity contribution in [1.29, 1.82) is 0 Å². The van der Waals surface area contributed by atoms with Crippen LogP contribution in [0.4, 0.5) is 0 Å². The molecule has 3 nitrogen and oxygen atoms in total. The lowest BCUT2D eigenvalue weighted by Crippen LogP contribution is -3.27. The van der Waals surface area contributed by atoms with Crippen LogP contribution in [-0.4, -0.2) is 37.7 Å². The number of nitrogens with zero attached hydrogens (tertiary/aromatic N) is 1. The number of hydrogen-bond acceptors (Lipinski definition) is 1. The Balaban J connectivity index is 1.24. The first kappa shape index (κ1) is 13.5. The first-order valence-electron chi connectivity index (χ1n) is 8.62. The smallest absolute Gasteiger partial charge is 0.127 e. The van der Waals surface area contributed by atoms with Crippen LogP contribution in [0.5, 0.6) is 0 Å². The van der Waals surface area contributed by atoms with Crippen LogP contribution in [-0.2, 0) is 6.54 Å². The summed E-state index contributed by atoms with van der Waals surface area (Å²) in [6.07, 6.45) is 9.80. The summed E-state index contributed by atoms with van der Waals surface area (Å²) >= 11 is 0. The molecule has 2 fully saturated rings. The van der Waals surface area contributed by atoms with Crippen LogP contribution < -0.4 is 9.80 Å². The van der Waals surface area contributed by atoms with E-state index in [1.54, 1.807) is 4.90 Å². The Bertz CT molecular complexity index is 490. The van der Waals surface area contributed by atoms with Gasteiger partial charge in [0.1, 0.15) is 32.7 Å². The molecule has 1 aromatic rings. The maximum atomic E-state index is 4.47. The Morgan fingerprint density at radius 1 is 1.00 bits per heavy atom. The minimum absolute atomic E-state index is 0.918. The van der Waals surface area contributed by atoms with Gasteiger partial charge in [-0.25, -0.2) is 0 Å². The molecule has 2 aliphatic carbocycles. The molecule has 3 aliphatic rings. The summed E-state index contributed by atoms with van der Waals surface area (Å²) in [5.41, 5.74) is 1.24. The Morgan fingerprint density at radius 3 is 2.52 bits per heavy atom. The highest BCUT2D eigenvalue weighted by Gasteiger charge is 2.38. The van der Waals surface area contributed by atoms with E-state index in [0.29, 0.717) is 0 Å². The molecule has 21 heavy (non-hydrogen) atoms. The lowest BCUT2D eigenvalue weighted by molar-refractivity contribution is -1.02. The molecule has 1 aromatic heterocycles. The summed E-state index contributed by atoms with van der Waals surface area (Å²) < 4.78 is 0. The number of allylic oxidation sites excluding steroid dienone is 2. The van der Waals surface area contributed by atoms with Crippen LogP contribution in [0.3, 0.4) is 0 Å². The second-order valence-electron chi connectivity index (χ2n) is 7.24. The molecule has 2 bridgehead atoms. The molecule has 4 rings (SSSR count). The first-order chi connectivity index (χ1) is 10.4. The van der Waals surface area contributed by atoms with Crippen LogP contribution in [0.15, 0.2) is 36.5 Å². The zero-order valence-electron chi connectivity index (χ0n) is 12.8. The second-order valence-corrected chi connectivity index (χ2v) is 7.24. The largest absolute Gasteiger partial charge is 0.325 e. The minimum Gasteiger partial charge on any atom is -0.325 e. The summed E-state index contributed by atoms with van der Waals surface area (Å²) in [4.78, 5) is 8.03. The van der Waals surface area contributed by atoms with Gasteiger partial charge in [-0.1, -0.05) is 18.2 Å². The van der Waals surface area contributed by atoms with Gasteiger partial charge in [0.15, 0.2) is 0 Å². The lowest BCUT2D eigenvalue weighted by Gasteiger charge is -2.32. The third-order valence-corrected chi connectivity index (χ3v) is 5.79. The average Bonchev–Trinajstić information content (AvgIpc) is 3.13. The summed E-state index contributed by atoms with van der Waals surface area (Å²) in [6, 6.07) is 6.27. The molecule has 0 unspecified atom stereocenters. The number of nitrogens with one attached hydrogen (secondary N) is 2. The van der Waals surface area contributed by atoms with Crippen molar-refractivity contribution in [3.05, 3.63) is 42.2 Å². The Kier molecular flexibility index (Phi) is 3.78. The molecule has 1 aliphatic heterocycles. The van der Waals surface area contributed by atoms with Crippen molar-refractivity contribution < 1.29 is 9.80 Å². The number of quaternary nitrogens is 2. The molecule has 0 spiro atoms. The van der Waals surface area contributed by atoms with Crippen molar-refractivity contribution >= 4 is 0 Å². The van der Waals surface area contributed by atoms with Crippen LogP contribution in [0.25, 0.3) is 0 Å². The highest BCUT2D eigenvalue weighted by atomic mass is 15.3. The molecule has 3 atom stereocenters. The zero-order chi connectivity index (χ0) is 14.1. The third-order valence-electron chi connectivity index (χ3n) is 5.79. The number of hydrogen-bond donors (Lipinski definition) is 2. The van der Waals surface area contributed by atoms with Gasteiger partial charge in [0, 0.05) is 12.1 Å². The van der Waals surface area contributed by atoms with E-state index >= 15 is 0 Å². The van der Waals surface area contributed by atoms with E-state index in [2.05, 4.69) is 29.3 Å². The SMILES string of the molecule is C1=C[C@H]2C[C@H]1C[C@@H]2C[NH+]1CC[NH+](Cc2ccccn2)CC1. The van der Waals surface area contributed by atoms with E-state index < -0.39 is 0 Å². The fraction of sp³-hybridized carbons (Fsp3) is 0.611. The number of fused-ring (bicyclic) bond motifs is 2. The molecule has 1 saturated carbocycles. The molecule has 0 amide bonds. The van der Waals surface area contributed by atoms with Crippen LogP contribution >= 0.6 is 0 Å². The lowest BCUT2D eigenvalue weighted by atomic mass is 9.93. The summed E-state index contributed by atoms with van der Waals surface area (Å²) in [5, 5.41) is 0. The topological polar surface area (TPSA) is 21.8 Å². The van der Waals surface area contributed by atoms with Crippen molar-refractivity contribution in [3.8, 4) is 0 Å². The van der Waals surface area contributed by atoms with E-state index in [9.17, 15) is 0 Å². The molecule has 2 N–H and O–H groups in total. The Morgan fingerprint density at radius 2 is 1.86 bits per heavy atom. The van der Waals surface area contributed by atoms with Crippen LogP contribution in [0.2, 0.25) is 0 Å². The maximum absolute atomic E-state index is 4.47. The average molecular weight is 285 g/mol. The molecule has 3 heteroatoms. The molecule has 0 aromatic carbocycles. The van der Waals surface area contributed by atoms with Gasteiger partial charge >= 0.3 is 0 Å². The van der Waals surface area contributed by atoms with E-state index in [-0.39, 0.29) is 0 Å². The zero-order valence-corrected chi connectivity index (χ0v) is 12.8. The fourth-order valence-electron chi connectivity index (χ4n) is 4.60. The van der Waals surface area contributed by atoms with Gasteiger partial charge in [0.05, 0.1) is 12.2 Å². The quantitative estimate of drug-likeness (QED) is 0.721. The van der Waals surface area contributed by atoms with Gasteiger partial charge in [0.2, 0.25) is 0 Å². The Hall–Kier alpha value is -1.19. The van der Waals surface area contributed by atoms with Crippen molar-refractivity contribution in [2.24, 2.45) is 17.8 Å². The predicted molar refractivity (Wildman–Crippen MR) is 83.0 cm³/mol. The van der Waals surface area contributed by atoms with E-state index in [1.807, 2.05) is 17.2 Å². The third kappa shape index (κ3) is 3.04. The predicted octanol–water partition coefficient (Wildman–Crippen LogP) is -0.423. The van der Waals surface area contributed by atoms with E-state index in [0.717, 1.165) is 24.3 Å². The van der Waals surface area contributed by atoms with E-state index in [4.69, 9.17) is 0 Å². The highest BCUT2D eigenvalue weighted by molar-refractivity contribution is 5.09. The summed E-state index contributed by atoms with van der Waals surface area (Å²) in [7, 11) is 0. The van der Waals surface area contributed by atoms with Crippen molar-refractivity contribution in [1.82, 2.24) is 4.98 Å². The second kappa shape index (κ2) is 5.90.